The molecule has 5 heterocycles. The van der Waals surface area contributed by atoms with Crippen molar-refractivity contribution in [1.82, 2.24) is 20.1 Å². The van der Waals surface area contributed by atoms with Crippen LogP contribution in [0.25, 0.3) is 0 Å². The van der Waals surface area contributed by atoms with E-state index in [1.807, 2.05) is 18.7 Å². The number of aromatic nitrogens is 2. The Morgan fingerprint density at radius 1 is 1.16 bits per heavy atom. The van der Waals surface area contributed by atoms with E-state index < -0.39 is 0 Å². The summed E-state index contributed by atoms with van der Waals surface area (Å²) in [5.74, 6) is 2.04. The Hall–Kier alpha value is -2.15. The number of carbonyl (C=O) groups is 1. The highest BCUT2D eigenvalue weighted by molar-refractivity contribution is 5.95. The average molecular weight is 344 g/mol. The van der Waals surface area contributed by atoms with Gasteiger partial charge in [0.25, 0.3) is 5.91 Å². The van der Waals surface area contributed by atoms with Crippen molar-refractivity contribution < 1.29 is 13.8 Å². The Balaban J connectivity index is 1.53. The summed E-state index contributed by atoms with van der Waals surface area (Å²) in [6.07, 6.45) is 3.77. The molecule has 3 aliphatic rings. The standard InChI is InChI=1S/C18H24N4O3/c1-11-17(13(3)25-20-11)10-21-7-14-4-5-15(9-21)22(8-14)18(23)16-6-19-24-12(16)2/h6,14-15H,4-5,7-10H2,1-3H3/t14-,15+/m0/s1. The first-order valence-corrected chi connectivity index (χ1v) is 8.89. The molecule has 0 radical (unpaired) electrons. The van der Waals surface area contributed by atoms with Gasteiger partial charge in [-0.3, -0.25) is 9.69 Å². The second kappa shape index (κ2) is 6.29. The van der Waals surface area contributed by atoms with Crippen molar-refractivity contribution in [1.29, 1.82) is 0 Å². The Morgan fingerprint density at radius 3 is 2.68 bits per heavy atom. The van der Waals surface area contributed by atoms with Crippen LogP contribution >= 0.6 is 0 Å². The normalized spacial score (nSPS) is 23.9. The summed E-state index contributed by atoms with van der Waals surface area (Å²) < 4.78 is 10.4. The molecular weight excluding hydrogens is 320 g/mol. The number of carbonyl (C=O) groups excluding carboxylic acids is 1. The fourth-order valence-electron chi connectivity index (χ4n) is 4.17. The lowest BCUT2D eigenvalue weighted by Gasteiger charge is -2.36. The van der Waals surface area contributed by atoms with Gasteiger partial charge >= 0.3 is 0 Å². The molecule has 3 saturated heterocycles. The van der Waals surface area contributed by atoms with Gasteiger partial charge in [0, 0.05) is 37.8 Å². The van der Waals surface area contributed by atoms with E-state index in [2.05, 4.69) is 15.2 Å². The number of hydrogen-bond donors (Lipinski definition) is 0. The summed E-state index contributed by atoms with van der Waals surface area (Å²) in [7, 11) is 0. The number of fused-ring (bicyclic) bond motifs is 4. The van der Waals surface area contributed by atoms with Gasteiger partial charge in [0.1, 0.15) is 17.1 Å². The van der Waals surface area contributed by atoms with E-state index in [1.54, 1.807) is 6.92 Å². The molecule has 134 valence electrons. The van der Waals surface area contributed by atoms with Gasteiger partial charge in [-0.2, -0.15) is 0 Å². The minimum atomic E-state index is 0.0487. The molecule has 2 atom stereocenters. The highest BCUT2D eigenvalue weighted by Crippen LogP contribution is 2.31. The molecule has 0 N–H and O–H groups in total. The number of piperidine rings is 1. The monoisotopic (exact) mass is 344 g/mol. The molecule has 3 aliphatic heterocycles. The van der Waals surface area contributed by atoms with Crippen LogP contribution in [0, 0.1) is 26.7 Å². The van der Waals surface area contributed by atoms with Crippen molar-refractivity contribution >= 4 is 5.91 Å². The van der Waals surface area contributed by atoms with Crippen molar-refractivity contribution in [2.75, 3.05) is 19.6 Å². The number of hydrogen-bond acceptors (Lipinski definition) is 6. The Kier molecular flexibility index (Phi) is 4.11. The lowest BCUT2D eigenvalue weighted by Crippen LogP contribution is -2.47. The zero-order valence-corrected chi connectivity index (χ0v) is 15.0. The molecule has 2 bridgehead atoms. The minimum absolute atomic E-state index is 0.0487. The average Bonchev–Trinajstić information content (AvgIpc) is 3.02. The van der Waals surface area contributed by atoms with E-state index in [0.29, 0.717) is 17.2 Å². The topological polar surface area (TPSA) is 75.6 Å². The first-order chi connectivity index (χ1) is 12.0. The number of nitrogens with zero attached hydrogens (tertiary/aromatic N) is 4. The summed E-state index contributed by atoms with van der Waals surface area (Å²) >= 11 is 0. The van der Waals surface area contributed by atoms with Gasteiger partial charge in [-0.15, -0.1) is 0 Å². The smallest absolute Gasteiger partial charge is 0.259 e. The molecule has 25 heavy (non-hydrogen) atoms. The molecule has 0 unspecified atom stereocenters. The molecule has 1 amide bonds. The van der Waals surface area contributed by atoms with Crippen LogP contribution in [0.15, 0.2) is 15.2 Å². The van der Waals surface area contributed by atoms with Crippen LogP contribution in [-0.2, 0) is 6.54 Å². The largest absolute Gasteiger partial charge is 0.361 e. The molecule has 7 heteroatoms. The number of aryl methyl sites for hydroxylation is 3. The van der Waals surface area contributed by atoms with Crippen molar-refractivity contribution in [2.24, 2.45) is 5.92 Å². The van der Waals surface area contributed by atoms with E-state index >= 15 is 0 Å². The van der Waals surface area contributed by atoms with Crippen LogP contribution in [0.4, 0.5) is 0 Å². The molecular formula is C18H24N4O3. The van der Waals surface area contributed by atoms with Gasteiger partial charge in [0.15, 0.2) is 0 Å². The third-order valence-electron chi connectivity index (χ3n) is 5.59. The summed E-state index contributed by atoms with van der Waals surface area (Å²) in [6, 6.07) is 0.237. The SMILES string of the molecule is Cc1noc(C)c1CN1C[C@@H]2CC[C@H](C1)N(C(=O)c1cnoc1C)C2. The fourth-order valence-corrected chi connectivity index (χ4v) is 4.17. The van der Waals surface area contributed by atoms with Crippen molar-refractivity contribution in [3.63, 3.8) is 0 Å². The third kappa shape index (κ3) is 2.97. The molecule has 0 saturated carbocycles. The highest BCUT2D eigenvalue weighted by Gasteiger charge is 2.38. The maximum Gasteiger partial charge on any atom is 0.259 e. The van der Waals surface area contributed by atoms with Crippen LogP contribution in [0.3, 0.4) is 0 Å². The maximum atomic E-state index is 12.9. The molecule has 2 aromatic heterocycles. The fraction of sp³-hybridized carbons (Fsp3) is 0.611. The third-order valence-corrected chi connectivity index (χ3v) is 5.59. The van der Waals surface area contributed by atoms with Crippen molar-refractivity contribution in [3.8, 4) is 0 Å². The maximum absolute atomic E-state index is 12.9. The number of rotatable bonds is 3. The van der Waals surface area contributed by atoms with E-state index in [0.717, 1.165) is 44.1 Å². The molecule has 0 aliphatic carbocycles. The van der Waals surface area contributed by atoms with Gasteiger partial charge in [0.2, 0.25) is 0 Å². The van der Waals surface area contributed by atoms with Gasteiger partial charge in [0.05, 0.1) is 11.9 Å². The van der Waals surface area contributed by atoms with Gasteiger partial charge < -0.3 is 13.9 Å². The van der Waals surface area contributed by atoms with Crippen molar-refractivity contribution in [2.45, 2.75) is 46.2 Å². The zero-order valence-electron chi connectivity index (χ0n) is 15.0. The van der Waals surface area contributed by atoms with Crippen LogP contribution < -0.4 is 0 Å². The summed E-state index contributed by atoms with van der Waals surface area (Å²) in [6.45, 7) is 9.29. The molecule has 3 fully saturated rings. The quantitative estimate of drug-likeness (QED) is 0.850. The van der Waals surface area contributed by atoms with Crippen LogP contribution in [-0.4, -0.2) is 51.7 Å². The van der Waals surface area contributed by atoms with Crippen molar-refractivity contribution in [3.05, 3.63) is 34.5 Å². The predicted octanol–water partition coefficient (Wildman–Crippen LogP) is 2.32. The molecule has 0 aromatic carbocycles. The molecule has 5 rings (SSSR count). The Morgan fingerprint density at radius 2 is 2.00 bits per heavy atom. The van der Waals surface area contributed by atoms with Crippen LogP contribution in [0.2, 0.25) is 0 Å². The molecule has 0 spiro atoms. The lowest BCUT2D eigenvalue weighted by atomic mass is 9.94. The second-order valence-electron chi connectivity index (χ2n) is 7.35. The molecule has 2 aromatic rings. The lowest BCUT2D eigenvalue weighted by molar-refractivity contribution is 0.0583. The van der Waals surface area contributed by atoms with Gasteiger partial charge in [-0.05, 0) is 39.5 Å². The summed E-state index contributed by atoms with van der Waals surface area (Å²) in [5, 5.41) is 7.82. The highest BCUT2D eigenvalue weighted by atomic mass is 16.5. The Labute approximate surface area is 146 Å². The van der Waals surface area contributed by atoms with E-state index in [9.17, 15) is 4.79 Å². The van der Waals surface area contributed by atoms with Gasteiger partial charge in [-0.25, -0.2) is 0 Å². The summed E-state index contributed by atoms with van der Waals surface area (Å²) in [5.41, 5.74) is 2.72. The first-order valence-electron chi connectivity index (χ1n) is 8.89. The van der Waals surface area contributed by atoms with E-state index in [4.69, 9.17) is 9.05 Å². The van der Waals surface area contributed by atoms with E-state index in [-0.39, 0.29) is 11.9 Å². The number of amides is 1. The molecule has 7 nitrogen and oxygen atoms in total. The van der Waals surface area contributed by atoms with E-state index in [1.165, 1.54) is 18.2 Å². The zero-order chi connectivity index (χ0) is 17.6. The van der Waals surface area contributed by atoms with Crippen LogP contribution in [0.5, 0.6) is 0 Å². The second-order valence-corrected chi connectivity index (χ2v) is 7.35. The Bertz CT molecular complexity index is 762. The van der Waals surface area contributed by atoms with Crippen LogP contribution in [0.1, 0.15) is 46.0 Å². The summed E-state index contributed by atoms with van der Waals surface area (Å²) in [4.78, 5) is 17.4. The van der Waals surface area contributed by atoms with Gasteiger partial charge in [-0.1, -0.05) is 10.3 Å². The first kappa shape index (κ1) is 16.3. The minimum Gasteiger partial charge on any atom is -0.361 e. The predicted molar refractivity (Wildman–Crippen MR) is 90.0 cm³/mol.